The maximum atomic E-state index is 11.7. The maximum absolute atomic E-state index is 11.7. The molecule has 16 heavy (non-hydrogen) atoms. The summed E-state index contributed by atoms with van der Waals surface area (Å²) in [5.74, 6) is 0. The van der Waals surface area contributed by atoms with Gasteiger partial charge in [0.1, 0.15) is 10.0 Å². The van der Waals surface area contributed by atoms with Gasteiger partial charge in [-0.2, -0.15) is 0 Å². The van der Waals surface area contributed by atoms with Crippen LogP contribution in [0.25, 0.3) is 4.72 Å². The van der Waals surface area contributed by atoms with Crippen molar-refractivity contribution < 1.29 is 42.7 Å². The minimum atomic E-state index is -3.54. The molecule has 1 atom stereocenters. The van der Waals surface area contributed by atoms with Crippen LogP contribution in [0.3, 0.4) is 0 Å². The van der Waals surface area contributed by atoms with Gasteiger partial charge in [-0.3, -0.25) is 0 Å². The van der Waals surface area contributed by atoms with E-state index in [1.807, 2.05) is 0 Å². The fraction of sp³-hybridized carbons (Fsp3) is 0.400. The molecule has 82 valence electrons. The van der Waals surface area contributed by atoms with Crippen molar-refractivity contribution in [2.24, 2.45) is 0 Å². The summed E-state index contributed by atoms with van der Waals surface area (Å²) < 4.78 is 32.4. The van der Waals surface area contributed by atoms with E-state index in [4.69, 9.17) is 4.74 Å². The van der Waals surface area contributed by atoms with Gasteiger partial charge in [-0.15, -0.1) is 0 Å². The average Bonchev–Trinajstić information content (AvgIpc) is 2.71. The third-order valence-electron chi connectivity index (χ3n) is 2.20. The molecule has 1 aromatic rings. The SMILES string of the molecule is O=S(=O)([N-]C1CCCO1)c1ccccc1.[Na+]. The van der Waals surface area contributed by atoms with Crippen molar-refractivity contribution in [3.63, 3.8) is 0 Å². The summed E-state index contributed by atoms with van der Waals surface area (Å²) in [6.07, 6.45) is 1.07. The van der Waals surface area contributed by atoms with Crippen molar-refractivity contribution in [2.45, 2.75) is 24.0 Å². The molecule has 0 aliphatic carbocycles. The minimum Gasteiger partial charge on any atom is -0.519 e. The quantitative estimate of drug-likeness (QED) is 0.638. The Bertz CT molecular complexity index is 415. The van der Waals surface area contributed by atoms with Gasteiger partial charge in [-0.25, -0.2) is 8.42 Å². The molecular formula is C10H12NNaO3S. The summed E-state index contributed by atoms with van der Waals surface area (Å²) in [6.45, 7) is 0.596. The molecule has 0 saturated carbocycles. The first-order valence-corrected chi connectivity index (χ1v) is 6.26. The molecule has 1 saturated heterocycles. The molecule has 1 aliphatic heterocycles. The van der Waals surface area contributed by atoms with Crippen molar-refractivity contribution in [1.82, 2.24) is 0 Å². The predicted molar refractivity (Wildman–Crippen MR) is 56.0 cm³/mol. The molecule has 1 heterocycles. The molecular weight excluding hydrogens is 237 g/mol. The minimum absolute atomic E-state index is 0. The van der Waals surface area contributed by atoms with Crippen molar-refractivity contribution in [1.29, 1.82) is 0 Å². The van der Waals surface area contributed by atoms with Gasteiger partial charge in [0.2, 0.25) is 0 Å². The van der Waals surface area contributed by atoms with Gasteiger partial charge in [0.25, 0.3) is 0 Å². The standard InChI is InChI=1S/C10H12NO3S.Na/c12-15(13,9-5-2-1-3-6-9)11-10-7-4-8-14-10;/h1-3,5-6,10H,4,7-8H2;/q-1;+1. The Balaban J connectivity index is 0.00000128. The number of hydrogen-bond donors (Lipinski definition) is 0. The Labute approximate surface area is 118 Å². The number of sulfonamides is 1. The molecule has 1 aromatic carbocycles. The molecule has 1 aliphatic rings. The third kappa shape index (κ3) is 3.55. The van der Waals surface area contributed by atoms with E-state index in [9.17, 15) is 8.42 Å². The van der Waals surface area contributed by atoms with Crippen molar-refractivity contribution >= 4 is 10.0 Å². The number of nitrogens with zero attached hydrogens (tertiary/aromatic N) is 1. The summed E-state index contributed by atoms with van der Waals surface area (Å²) in [6, 6.07) is 8.20. The van der Waals surface area contributed by atoms with Crippen molar-refractivity contribution in [3.8, 4) is 0 Å². The molecule has 0 N–H and O–H groups in total. The Morgan fingerprint density at radius 1 is 1.25 bits per heavy atom. The van der Waals surface area contributed by atoms with E-state index < -0.39 is 16.3 Å². The third-order valence-corrected chi connectivity index (χ3v) is 3.58. The molecule has 0 bridgehead atoms. The van der Waals surface area contributed by atoms with Gasteiger partial charge in [-0.05, 0) is 31.2 Å². The van der Waals surface area contributed by atoms with Gasteiger partial charge < -0.3 is 9.46 Å². The van der Waals surface area contributed by atoms with Crippen LogP contribution in [0.1, 0.15) is 12.8 Å². The van der Waals surface area contributed by atoms with Crippen LogP contribution in [0, 0.1) is 0 Å². The van der Waals surface area contributed by atoms with Gasteiger partial charge in [0, 0.05) is 11.5 Å². The van der Waals surface area contributed by atoms with Crippen molar-refractivity contribution in [2.75, 3.05) is 6.61 Å². The van der Waals surface area contributed by atoms with E-state index in [1.54, 1.807) is 18.2 Å². The molecule has 0 aromatic heterocycles. The summed E-state index contributed by atoms with van der Waals surface area (Å²) in [4.78, 5) is 0.223. The summed E-state index contributed by atoms with van der Waals surface area (Å²) in [5.41, 5.74) is 0. The first-order valence-electron chi connectivity index (χ1n) is 4.82. The van der Waals surface area contributed by atoms with Gasteiger partial charge >= 0.3 is 29.6 Å². The average molecular weight is 249 g/mol. The second-order valence-electron chi connectivity index (χ2n) is 3.36. The Kier molecular flexibility index (Phi) is 5.43. The normalized spacial score (nSPS) is 20.4. The van der Waals surface area contributed by atoms with Gasteiger partial charge in [-0.1, -0.05) is 18.2 Å². The van der Waals surface area contributed by atoms with E-state index in [2.05, 4.69) is 4.72 Å². The van der Waals surface area contributed by atoms with Gasteiger partial charge in [0.05, 0.1) is 0 Å². The smallest absolute Gasteiger partial charge is 0.519 e. The van der Waals surface area contributed by atoms with Crippen LogP contribution in [-0.4, -0.2) is 21.3 Å². The first kappa shape index (κ1) is 14.2. The number of rotatable bonds is 3. The number of hydrogen-bond acceptors (Lipinski definition) is 3. The molecule has 6 heteroatoms. The fourth-order valence-electron chi connectivity index (χ4n) is 1.45. The zero-order valence-electron chi connectivity index (χ0n) is 9.17. The van der Waals surface area contributed by atoms with Crippen LogP contribution in [0.15, 0.2) is 35.2 Å². The summed E-state index contributed by atoms with van der Waals surface area (Å²) >= 11 is 0. The van der Waals surface area contributed by atoms with Crippen LogP contribution in [0.5, 0.6) is 0 Å². The Hall–Kier alpha value is 0.0900. The molecule has 0 amide bonds. The largest absolute Gasteiger partial charge is 1.00 e. The number of benzene rings is 1. The molecule has 4 nitrogen and oxygen atoms in total. The summed E-state index contributed by atoms with van der Waals surface area (Å²) in [7, 11) is -3.54. The second-order valence-corrected chi connectivity index (χ2v) is 4.99. The van der Waals surface area contributed by atoms with Gasteiger partial charge in [0.15, 0.2) is 0 Å². The zero-order valence-corrected chi connectivity index (χ0v) is 12.0. The molecule has 1 fully saturated rings. The van der Waals surface area contributed by atoms with E-state index in [-0.39, 0.29) is 34.5 Å². The van der Waals surface area contributed by atoms with Crippen LogP contribution in [-0.2, 0) is 14.8 Å². The second kappa shape index (κ2) is 6.14. The predicted octanol–water partition coefficient (Wildman–Crippen LogP) is -1.11. The molecule has 2 rings (SSSR count). The van der Waals surface area contributed by atoms with Crippen LogP contribution >= 0.6 is 0 Å². The zero-order chi connectivity index (χ0) is 10.7. The fourth-order valence-corrected chi connectivity index (χ4v) is 2.55. The number of ether oxygens (including phenoxy) is 1. The topological polar surface area (TPSA) is 57.5 Å². The van der Waals surface area contributed by atoms with Crippen LogP contribution in [0.2, 0.25) is 0 Å². The first-order chi connectivity index (χ1) is 7.18. The van der Waals surface area contributed by atoms with Crippen LogP contribution in [0.4, 0.5) is 0 Å². The monoisotopic (exact) mass is 249 g/mol. The van der Waals surface area contributed by atoms with Crippen molar-refractivity contribution in [3.05, 3.63) is 35.1 Å². The molecule has 1 unspecified atom stereocenters. The van der Waals surface area contributed by atoms with E-state index >= 15 is 0 Å². The van der Waals surface area contributed by atoms with E-state index in [0.717, 1.165) is 6.42 Å². The van der Waals surface area contributed by atoms with E-state index in [0.29, 0.717) is 13.0 Å². The Morgan fingerprint density at radius 2 is 1.94 bits per heavy atom. The maximum Gasteiger partial charge on any atom is 1.00 e. The molecule has 0 radical (unpaired) electrons. The Morgan fingerprint density at radius 3 is 2.50 bits per heavy atom. The van der Waals surface area contributed by atoms with Crippen LogP contribution < -0.4 is 29.6 Å². The molecule has 0 spiro atoms. The van der Waals surface area contributed by atoms with E-state index in [1.165, 1.54) is 12.1 Å². The summed E-state index contributed by atoms with van der Waals surface area (Å²) in [5, 5.41) is 0.